The van der Waals surface area contributed by atoms with E-state index in [-0.39, 0.29) is 5.56 Å². The Kier molecular flexibility index (Phi) is 5.96. The van der Waals surface area contributed by atoms with Crippen LogP contribution in [0.15, 0.2) is 95.3 Å². The van der Waals surface area contributed by atoms with E-state index in [0.29, 0.717) is 38.5 Å². The number of oxime groups is 1. The van der Waals surface area contributed by atoms with Gasteiger partial charge in [0.2, 0.25) is 0 Å². The molecular formula is C28H23ClN4O3. The summed E-state index contributed by atoms with van der Waals surface area (Å²) in [7, 11) is 3.54. The standard InChI is InChI=1S/C28H23ClN4O3/c1-32-17-30-16-26(32)28(35,20-6-9-22(29)10-7-20)21-8-11-25-24(13-21)23(14-27(34)33(25)2)19-5-3-4-18(12-19)15-31-36/h3-17,35-36H,1-2H3/b31-15+. The molecule has 5 rings (SSSR count). The molecule has 2 aromatic heterocycles. The van der Waals surface area contributed by atoms with Gasteiger partial charge in [0.15, 0.2) is 5.60 Å². The highest BCUT2D eigenvalue weighted by Gasteiger charge is 2.37. The van der Waals surface area contributed by atoms with Crippen LogP contribution >= 0.6 is 11.6 Å². The fourth-order valence-electron chi connectivity index (χ4n) is 4.64. The fraction of sp³-hybridized carbons (Fsp3) is 0.107. The van der Waals surface area contributed by atoms with Crippen molar-refractivity contribution in [2.75, 3.05) is 0 Å². The predicted octanol–water partition coefficient (Wildman–Crippen LogP) is 4.68. The molecule has 0 spiro atoms. The number of hydrogen-bond donors (Lipinski definition) is 2. The molecule has 0 aliphatic rings. The number of aryl methyl sites for hydroxylation is 2. The second-order valence-electron chi connectivity index (χ2n) is 8.66. The van der Waals surface area contributed by atoms with Crippen molar-refractivity contribution in [1.29, 1.82) is 0 Å². The average molecular weight is 499 g/mol. The molecule has 2 heterocycles. The van der Waals surface area contributed by atoms with Crippen LogP contribution in [-0.2, 0) is 19.7 Å². The van der Waals surface area contributed by atoms with Crippen LogP contribution in [0.4, 0.5) is 0 Å². The lowest BCUT2D eigenvalue weighted by Crippen LogP contribution is -2.31. The zero-order chi connectivity index (χ0) is 25.4. The number of aliphatic hydroxyl groups is 1. The molecule has 0 saturated heterocycles. The van der Waals surface area contributed by atoms with E-state index in [4.69, 9.17) is 16.8 Å². The van der Waals surface area contributed by atoms with Gasteiger partial charge in [-0.2, -0.15) is 0 Å². The molecule has 1 atom stereocenters. The molecule has 36 heavy (non-hydrogen) atoms. The van der Waals surface area contributed by atoms with E-state index in [1.165, 1.54) is 6.21 Å². The van der Waals surface area contributed by atoms with E-state index >= 15 is 0 Å². The molecule has 0 bridgehead atoms. The maximum Gasteiger partial charge on any atom is 0.251 e. The molecule has 0 aliphatic heterocycles. The molecular weight excluding hydrogens is 476 g/mol. The van der Waals surface area contributed by atoms with Crippen LogP contribution in [0.1, 0.15) is 22.4 Å². The number of halogens is 1. The maximum atomic E-state index is 12.8. The van der Waals surface area contributed by atoms with Gasteiger partial charge in [-0.15, -0.1) is 0 Å². The van der Waals surface area contributed by atoms with Crippen LogP contribution in [0.3, 0.4) is 0 Å². The lowest BCUT2D eigenvalue weighted by molar-refractivity contribution is 0.117. The molecule has 0 aliphatic carbocycles. The zero-order valence-electron chi connectivity index (χ0n) is 19.6. The number of imidazole rings is 1. The lowest BCUT2D eigenvalue weighted by atomic mass is 9.82. The van der Waals surface area contributed by atoms with Crippen LogP contribution in [0.5, 0.6) is 0 Å². The smallest absolute Gasteiger partial charge is 0.251 e. The van der Waals surface area contributed by atoms with Crippen molar-refractivity contribution in [3.05, 3.63) is 123 Å². The Hall–Kier alpha value is -4.20. The molecule has 2 N–H and O–H groups in total. The van der Waals surface area contributed by atoms with E-state index in [1.54, 1.807) is 65.1 Å². The van der Waals surface area contributed by atoms with Gasteiger partial charge in [-0.05, 0) is 58.1 Å². The van der Waals surface area contributed by atoms with Gasteiger partial charge in [-0.1, -0.05) is 53.2 Å². The topological polar surface area (TPSA) is 92.6 Å². The van der Waals surface area contributed by atoms with Gasteiger partial charge in [0, 0.05) is 30.6 Å². The molecule has 7 nitrogen and oxygen atoms in total. The Balaban J connectivity index is 1.82. The number of pyridine rings is 1. The highest BCUT2D eigenvalue weighted by atomic mass is 35.5. The number of rotatable bonds is 5. The Morgan fingerprint density at radius 1 is 1.00 bits per heavy atom. The Morgan fingerprint density at radius 3 is 2.44 bits per heavy atom. The SMILES string of the molecule is Cn1cncc1C(O)(c1ccc(Cl)cc1)c1ccc2c(c1)c(-c1cccc(/C=N/O)c1)cc(=O)n2C. The molecule has 3 aromatic carbocycles. The van der Waals surface area contributed by atoms with Crippen LogP contribution in [0.2, 0.25) is 5.02 Å². The van der Waals surface area contributed by atoms with Crippen LogP contribution in [-0.4, -0.2) is 30.6 Å². The van der Waals surface area contributed by atoms with Crippen molar-refractivity contribution < 1.29 is 10.3 Å². The summed E-state index contributed by atoms with van der Waals surface area (Å²) in [6, 6.07) is 21.6. The van der Waals surface area contributed by atoms with E-state index in [0.717, 1.165) is 10.9 Å². The Labute approximate surface area is 212 Å². The minimum absolute atomic E-state index is 0.161. The second-order valence-corrected chi connectivity index (χ2v) is 9.10. The average Bonchev–Trinajstić information content (AvgIpc) is 3.32. The van der Waals surface area contributed by atoms with Gasteiger partial charge >= 0.3 is 0 Å². The first kappa shape index (κ1) is 23.5. The van der Waals surface area contributed by atoms with E-state index in [1.807, 2.05) is 43.4 Å². The first-order valence-electron chi connectivity index (χ1n) is 11.2. The normalized spacial score (nSPS) is 13.3. The summed E-state index contributed by atoms with van der Waals surface area (Å²) in [5.74, 6) is 0. The highest BCUT2D eigenvalue weighted by Crippen LogP contribution is 2.39. The number of hydrogen-bond acceptors (Lipinski definition) is 5. The quantitative estimate of drug-likeness (QED) is 0.209. The number of nitrogens with zero attached hydrogens (tertiary/aromatic N) is 4. The molecule has 0 saturated carbocycles. The van der Waals surface area contributed by atoms with Gasteiger partial charge < -0.3 is 19.4 Å². The number of benzene rings is 3. The fourth-order valence-corrected chi connectivity index (χ4v) is 4.76. The van der Waals surface area contributed by atoms with Gasteiger partial charge in [0.1, 0.15) is 0 Å². The summed E-state index contributed by atoms with van der Waals surface area (Å²) in [5.41, 5.74) is 2.99. The monoisotopic (exact) mass is 498 g/mol. The molecule has 0 radical (unpaired) electrons. The summed E-state index contributed by atoms with van der Waals surface area (Å²) in [5, 5.41) is 25.8. The number of aromatic nitrogens is 3. The first-order valence-corrected chi connectivity index (χ1v) is 11.6. The minimum Gasteiger partial charge on any atom is -0.411 e. The van der Waals surface area contributed by atoms with Crippen molar-refractivity contribution in [2.45, 2.75) is 5.60 Å². The number of fused-ring (bicyclic) bond motifs is 1. The van der Waals surface area contributed by atoms with E-state index < -0.39 is 5.60 Å². The molecule has 180 valence electrons. The van der Waals surface area contributed by atoms with Crippen molar-refractivity contribution in [1.82, 2.24) is 14.1 Å². The zero-order valence-corrected chi connectivity index (χ0v) is 20.4. The first-order chi connectivity index (χ1) is 17.3. The molecule has 0 amide bonds. The van der Waals surface area contributed by atoms with Crippen molar-refractivity contribution in [3.8, 4) is 11.1 Å². The largest absolute Gasteiger partial charge is 0.411 e. The van der Waals surface area contributed by atoms with E-state index in [9.17, 15) is 9.90 Å². The molecule has 1 unspecified atom stereocenters. The molecule has 8 heteroatoms. The Morgan fingerprint density at radius 2 is 1.75 bits per heavy atom. The van der Waals surface area contributed by atoms with Crippen LogP contribution in [0, 0.1) is 0 Å². The Bertz CT molecular complexity index is 1670. The van der Waals surface area contributed by atoms with Gasteiger partial charge in [0.25, 0.3) is 5.56 Å². The highest BCUT2D eigenvalue weighted by molar-refractivity contribution is 6.30. The molecule has 0 fully saturated rings. The second kappa shape index (κ2) is 9.11. The third kappa shape index (κ3) is 3.88. The molecule has 5 aromatic rings. The summed E-state index contributed by atoms with van der Waals surface area (Å²) >= 11 is 6.14. The maximum absolute atomic E-state index is 12.8. The predicted molar refractivity (Wildman–Crippen MR) is 141 cm³/mol. The summed E-state index contributed by atoms with van der Waals surface area (Å²) in [6.07, 6.45) is 4.61. The van der Waals surface area contributed by atoms with Gasteiger partial charge in [-0.3, -0.25) is 4.79 Å². The summed E-state index contributed by atoms with van der Waals surface area (Å²) in [6.45, 7) is 0. The third-order valence-electron chi connectivity index (χ3n) is 6.52. The summed E-state index contributed by atoms with van der Waals surface area (Å²) < 4.78 is 3.35. The van der Waals surface area contributed by atoms with Crippen molar-refractivity contribution in [2.24, 2.45) is 19.3 Å². The van der Waals surface area contributed by atoms with Crippen molar-refractivity contribution in [3.63, 3.8) is 0 Å². The summed E-state index contributed by atoms with van der Waals surface area (Å²) in [4.78, 5) is 17.1. The van der Waals surface area contributed by atoms with E-state index in [2.05, 4.69) is 10.1 Å². The third-order valence-corrected chi connectivity index (χ3v) is 6.77. The van der Waals surface area contributed by atoms with Gasteiger partial charge in [-0.25, -0.2) is 4.98 Å². The van der Waals surface area contributed by atoms with Gasteiger partial charge in [0.05, 0.1) is 29.9 Å². The minimum atomic E-state index is -1.54. The van der Waals surface area contributed by atoms with Crippen LogP contribution < -0.4 is 5.56 Å². The van der Waals surface area contributed by atoms with Crippen molar-refractivity contribution >= 4 is 28.7 Å². The van der Waals surface area contributed by atoms with Crippen LogP contribution in [0.25, 0.3) is 22.0 Å². The lowest BCUT2D eigenvalue weighted by Gasteiger charge is -2.30.